The Labute approximate surface area is 285 Å². The van der Waals surface area contributed by atoms with Crippen molar-refractivity contribution >= 4 is 46.4 Å². The van der Waals surface area contributed by atoms with E-state index in [4.69, 9.17) is 46.4 Å². The summed E-state index contributed by atoms with van der Waals surface area (Å²) in [7, 11) is 8.62. The number of halogens is 4. The number of likely N-dealkylation sites (N-methyl/N-ethyl adjacent to an activating group) is 4. The normalized spacial score (nSPS) is 33.6. The van der Waals surface area contributed by atoms with Crippen LogP contribution in [-0.2, 0) is 34.1 Å². The Balaban J connectivity index is 0.000000383. The fourth-order valence-corrected chi connectivity index (χ4v) is 6.73. The molecule has 4 bridgehead atoms. The van der Waals surface area contributed by atoms with Crippen molar-refractivity contribution in [3.63, 3.8) is 0 Å². The van der Waals surface area contributed by atoms with Gasteiger partial charge in [0.25, 0.3) is 0 Å². The van der Waals surface area contributed by atoms with Gasteiger partial charge in [0, 0.05) is 145 Å². The van der Waals surface area contributed by atoms with Crippen LogP contribution in [0.2, 0.25) is 0 Å². The monoisotopic (exact) mass is 742 g/mol. The second-order valence-corrected chi connectivity index (χ2v) is 14.6. The third kappa shape index (κ3) is 13.9. The first-order chi connectivity index (χ1) is 17.9. The quantitative estimate of drug-likeness (QED) is 0.212. The van der Waals surface area contributed by atoms with Crippen LogP contribution in [0.4, 0.5) is 0 Å². The van der Waals surface area contributed by atoms with Gasteiger partial charge in [-0.2, -0.15) is 0 Å². The summed E-state index contributed by atoms with van der Waals surface area (Å²) >= 11 is 26.3. The maximum absolute atomic E-state index is 6.63. The molecule has 4 aliphatic heterocycles. The molecule has 0 amide bonds. The van der Waals surface area contributed by atoms with E-state index in [1.54, 1.807) is 0 Å². The molecule has 4 atom stereocenters. The van der Waals surface area contributed by atoms with Crippen LogP contribution in [0.15, 0.2) is 0 Å². The SMILES string of the molecule is CN1CCCN2CCN(C)CCC(Cl)(Cl)N(CC1)CC2.CN1CCN2CCN(C)CC(Cl)(Cl)N(CC1)CC2.[Cu].[Cu]. The van der Waals surface area contributed by atoms with Gasteiger partial charge in [0.15, 0.2) is 8.91 Å². The summed E-state index contributed by atoms with van der Waals surface area (Å²) in [6.45, 7) is 18.6. The zero-order valence-electron chi connectivity index (χ0n) is 24.8. The molecule has 0 aromatic heterocycles. The average molecular weight is 746 g/mol. The smallest absolute Gasteiger partial charge is 0.184 e. The van der Waals surface area contributed by atoms with E-state index < -0.39 is 8.91 Å². The van der Waals surface area contributed by atoms with Gasteiger partial charge in [-0.1, -0.05) is 46.4 Å². The molecule has 4 fully saturated rings. The van der Waals surface area contributed by atoms with E-state index in [1.807, 2.05) is 0 Å². The Kier molecular flexibility index (Phi) is 19.4. The van der Waals surface area contributed by atoms with Crippen molar-refractivity contribution in [1.82, 2.24) is 39.2 Å². The van der Waals surface area contributed by atoms with Crippen LogP contribution in [0.25, 0.3) is 0 Å². The zero-order valence-corrected chi connectivity index (χ0v) is 29.7. The van der Waals surface area contributed by atoms with Gasteiger partial charge in [-0.3, -0.25) is 14.7 Å². The molecule has 40 heavy (non-hydrogen) atoms. The van der Waals surface area contributed by atoms with Crippen LogP contribution in [0.3, 0.4) is 0 Å². The molecule has 4 saturated heterocycles. The summed E-state index contributed by atoms with van der Waals surface area (Å²) in [5.41, 5.74) is 0. The Morgan fingerprint density at radius 1 is 0.400 bits per heavy atom. The third-order valence-corrected chi connectivity index (χ3v) is 10.0. The van der Waals surface area contributed by atoms with Gasteiger partial charge >= 0.3 is 0 Å². The van der Waals surface area contributed by atoms with Crippen molar-refractivity contribution in [3.8, 4) is 0 Å². The summed E-state index contributed by atoms with van der Waals surface area (Å²) in [6, 6.07) is 0. The van der Waals surface area contributed by atoms with Gasteiger partial charge < -0.3 is 24.5 Å². The van der Waals surface area contributed by atoms with Crippen LogP contribution in [0.1, 0.15) is 12.8 Å². The zero-order chi connectivity index (χ0) is 27.8. The first-order valence-electron chi connectivity index (χ1n) is 14.4. The molecule has 0 aromatic carbocycles. The topological polar surface area (TPSA) is 25.9 Å². The van der Waals surface area contributed by atoms with Crippen molar-refractivity contribution in [2.24, 2.45) is 0 Å². The molecule has 246 valence electrons. The Bertz CT molecular complexity index is 699. The minimum absolute atomic E-state index is 0. The summed E-state index contributed by atoms with van der Waals surface area (Å²) in [4.78, 5) is 18.9. The second-order valence-electron chi connectivity index (χ2n) is 11.7. The van der Waals surface area contributed by atoms with E-state index in [0.29, 0.717) is 6.54 Å². The molecule has 0 aromatic rings. The molecule has 8 nitrogen and oxygen atoms in total. The number of hydrogen-bond acceptors (Lipinski definition) is 8. The van der Waals surface area contributed by atoms with Gasteiger partial charge in [-0.05, 0) is 47.7 Å². The van der Waals surface area contributed by atoms with Crippen molar-refractivity contribution in [3.05, 3.63) is 0 Å². The maximum Gasteiger partial charge on any atom is 0.184 e. The van der Waals surface area contributed by atoms with Crippen molar-refractivity contribution in [1.29, 1.82) is 0 Å². The van der Waals surface area contributed by atoms with Gasteiger partial charge in [0.1, 0.15) is 0 Å². The molecule has 0 N–H and O–H groups in total. The number of rotatable bonds is 0. The van der Waals surface area contributed by atoms with Crippen LogP contribution >= 0.6 is 46.4 Å². The molecule has 4 rings (SSSR count). The third-order valence-electron chi connectivity index (χ3n) is 8.46. The van der Waals surface area contributed by atoms with E-state index in [0.717, 1.165) is 111 Å². The summed E-state index contributed by atoms with van der Waals surface area (Å²) < 4.78 is -1.51. The maximum atomic E-state index is 6.63. The molecule has 0 spiro atoms. The minimum Gasteiger partial charge on any atom is -0.305 e. The van der Waals surface area contributed by atoms with E-state index >= 15 is 0 Å². The molecule has 4 unspecified atom stereocenters. The number of fused-ring (bicyclic) bond motifs is 6. The fourth-order valence-electron chi connectivity index (χ4n) is 5.48. The van der Waals surface area contributed by atoms with Crippen molar-refractivity contribution < 1.29 is 34.1 Å². The predicted octanol–water partition coefficient (Wildman–Crippen LogP) is 2.00. The van der Waals surface area contributed by atoms with Crippen molar-refractivity contribution in [2.45, 2.75) is 21.8 Å². The molecule has 0 aliphatic carbocycles. The summed E-state index contributed by atoms with van der Waals surface area (Å²) in [6.07, 6.45) is 2.05. The van der Waals surface area contributed by atoms with Gasteiger partial charge in [-0.15, -0.1) is 0 Å². The summed E-state index contributed by atoms with van der Waals surface area (Å²) in [5, 5.41) is 0. The number of nitrogens with zero attached hydrogens (tertiary/aromatic N) is 8. The number of alkyl halides is 4. The molecule has 4 heterocycles. The molecule has 14 heteroatoms. The Morgan fingerprint density at radius 2 is 0.775 bits per heavy atom. The minimum atomic E-state index is -0.768. The largest absolute Gasteiger partial charge is 0.305 e. The number of hydrogen-bond donors (Lipinski definition) is 0. The fraction of sp³-hybridized carbons (Fsp3) is 1.00. The van der Waals surface area contributed by atoms with E-state index in [-0.39, 0.29) is 34.1 Å². The van der Waals surface area contributed by atoms with E-state index in [1.165, 1.54) is 13.0 Å². The molecular formula is C26H52Cl4Cu2N8. The van der Waals surface area contributed by atoms with Gasteiger partial charge in [-0.25, -0.2) is 0 Å². The molecule has 2 radical (unpaired) electrons. The van der Waals surface area contributed by atoms with E-state index in [9.17, 15) is 0 Å². The van der Waals surface area contributed by atoms with Gasteiger partial charge in [0.05, 0.1) is 0 Å². The Hall–Kier alpha value is 1.88. The average Bonchev–Trinajstić information content (AvgIpc) is 2.97. The van der Waals surface area contributed by atoms with Crippen LogP contribution < -0.4 is 0 Å². The van der Waals surface area contributed by atoms with E-state index in [2.05, 4.69) is 67.4 Å². The van der Waals surface area contributed by atoms with Gasteiger partial charge in [0.2, 0.25) is 0 Å². The first-order valence-corrected chi connectivity index (χ1v) is 15.9. The van der Waals surface area contributed by atoms with Crippen molar-refractivity contribution in [2.75, 3.05) is 146 Å². The second kappa shape index (κ2) is 19.4. The van der Waals surface area contributed by atoms with Crippen LogP contribution in [-0.4, -0.2) is 194 Å². The standard InChI is InChI=1S/C14H28Cl2N4.C12H24Cl2N4.2Cu/c1-17-5-3-6-19-10-8-18(2)7-4-14(15,16)20(12-9-17)13-11-19;1-15-3-6-17-7-4-16(2)11-12(13,14)18(9-5-15)10-8-17;;/h3-13H2,1-2H3;3-11H2,1-2H3;;. The molecule has 0 saturated carbocycles. The molecule has 4 aliphatic rings. The summed E-state index contributed by atoms with van der Waals surface area (Å²) in [5.74, 6) is 0. The Morgan fingerprint density at radius 3 is 1.35 bits per heavy atom. The first kappa shape index (κ1) is 39.9. The molecular weight excluding hydrogens is 693 g/mol. The predicted molar refractivity (Wildman–Crippen MR) is 164 cm³/mol. The van der Waals surface area contributed by atoms with Crippen LogP contribution in [0, 0.1) is 0 Å². The van der Waals surface area contributed by atoms with Crippen LogP contribution in [0.5, 0.6) is 0 Å².